The summed E-state index contributed by atoms with van der Waals surface area (Å²) >= 11 is 0. The van der Waals surface area contributed by atoms with Gasteiger partial charge in [0.1, 0.15) is 5.75 Å². The van der Waals surface area contributed by atoms with Crippen LogP contribution in [0, 0.1) is 0 Å². The molecule has 1 unspecified atom stereocenters. The van der Waals surface area contributed by atoms with Crippen LogP contribution in [-0.4, -0.2) is 54.3 Å². The lowest BCUT2D eigenvalue weighted by Crippen LogP contribution is -2.55. The number of sulfonamides is 1. The van der Waals surface area contributed by atoms with Crippen LogP contribution in [0.5, 0.6) is 5.75 Å². The summed E-state index contributed by atoms with van der Waals surface area (Å²) in [4.78, 5) is 0.0342. The predicted molar refractivity (Wildman–Crippen MR) is 72.9 cm³/mol. The molecule has 112 valence electrons. The van der Waals surface area contributed by atoms with Crippen molar-refractivity contribution in [2.45, 2.75) is 30.4 Å². The summed E-state index contributed by atoms with van der Waals surface area (Å²) in [5.41, 5.74) is -0.671. The molecule has 1 atom stereocenters. The number of phenols is 1. The topological polar surface area (TPSA) is 87.1 Å². The van der Waals surface area contributed by atoms with Crippen molar-refractivity contribution in [3.63, 3.8) is 0 Å². The molecule has 0 bridgehead atoms. The Kier molecular flexibility index (Phi) is 4.06. The van der Waals surface area contributed by atoms with Crippen LogP contribution in [0.3, 0.4) is 0 Å². The van der Waals surface area contributed by atoms with E-state index in [-0.39, 0.29) is 30.3 Å². The maximum atomic E-state index is 12.6. The van der Waals surface area contributed by atoms with Gasteiger partial charge in [-0.05, 0) is 32.0 Å². The number of hydrogen-bond acceptors (Lipinski definition) is 5. The number of ether oxygens (including phenoxy) is 1. The third-order valence-corrected chi connectivity index (χ3v) is 4.92. The van der Waals surface area contributed by atoms with Crippen molar-refractivity contribution in [3.8, 4) is 5.75 Å². The Morgan fingerprint density at radius 2 is 2.15 bits per heavy atom. The molecule has 0 aromatic heterocycles. The van der Waals surface area contributed by atoms with Crippen molar-refractivity contribution >= 4 is 10.0 Å². The number of phenolic OH excluding ortho intramolecular Hbond substituents is 1. The van der Waals surface area contributed by atoms with Crippen LogP contribution in [0.25, 0.3) is 0 Å². The summed E-state index contributed by atoms with van der Waals surface area (Å²) < 4.78 is 32.0. The molecular formula is C13H19NO5S. The zero-order chi connectivity index (χ0) is 15.0. The normalized spacial score (nSPS) is 23.6. The highest BCUT2D eigenvalue weighted by atomic mass is 32.2. The second-order valence-electron chi connectivity index (χ2n) is 5.48. The highest BCUT2D eigenvalue weighted by molar-refractivity contribution is 7.89. The average Bonchev–Trinajstić information content (AvgIpc) is 2.36. The second-order valence-corrected chi connectivity index (χ2v) is 7.41. The van der Waals surface area contributed by atoms with Crippen LogP contribution in [-0.2, 0) is 14.8 Å². The quantitative estimate of drug-likeness (QED) is 0.851. The van der Waals surface area contributed by atoms with Crippen LogP contribution >= 0.6 is 0 Å². The SMILES string of the molecule is CC1(C)CN(S(=O)(=O)c2cccc(O)c2)CC(CO)O1. The number of nitrogens with zero attached hydrogens (tertiary/aromatic N) is 1. The number of rotatable bonds is 3. The van der Waals surface area contributed by atoms with E-state index in [4.69, 9.17) is 4.74 Å². The van der Waals surface area contributed by atoms with Gasteiger partial charge in [-0.15, -0.1) is 0 Å². The van der Waals surface area contributed by atoms with E-state index in [1.54, 1.807) is 13.8 Å². The summed E-state index contributed by atoms with van der Waals surface area (Å²) in [7, 11) is -3.72. The van der Waals surface area contributed by atoms with Crippen LogP contribution in [0.4, 0.5) is 0 Å². The Labute approximate surface area is 118 Å². The highest BCUT2D eigenvalue weighted by Crippen LogP contribution is 2.27. The minimum absolute atomic E-state index is 0.0342. The first-order valence-electron chi connectivity index (χ1n) is 6.32. The molecule has 0 radical (unpaired) electrons. The zero-order valence-electron chi connectivity index (χ0n) is 11.5. The Morgan fingerprint density at radius 3 is 2.75 bits per heavy atom. The number of morpholine rings is 1. The van der Waals surface area contributed by atoms with Crippen molar-refractivity contribution in [1.29, 1.82) is 0 Å². The largest absolute Gasteiger partial charge is 0.508 e. The molecule has 1 aliphatic heterocycles. The lowest BCUT2D eigenvalue weighted by Gasteiger charge is -2.41. The van der Waals surface area contributed by atoms with Gasteiger partial charge in [0.2, 0.25) is 10.0 Å². The smallest absolute Gasteiger partial charge is 0.243 e. The molecule has 2 N–H and O–H groups in total. The summed E-state index contributed by atoms with van der Waals surface area (Å²) in [5.74, 6) is -0.0997. The van der Waals surface area contributed by atoms with Gasteiger partial charge in [0, 0.05) is 13.1 Å². The molecule has 6 nitrogen and oxygen atoms in total. The molecule has 0 spiro atoms. The maximum absolute atomic E-state index is 12.6. The first-order valence-corrected chi connectivity index (χ1v) is 7.76. The van der Waals surface area contributed by atoms with Gasteiger partial charge in [0.25, 0.3) is 0 Å². The van der Waals surface area contributed by atoms with Crippen LogP contribution in [0.1, 0.15) is 13.8 Å². The molecule has 2 rings (SSSR count). The molecule has 0 saturated carbocycles. The van der Waals surface area contributed by atoms with Gasteiger partial charge in [-0.1, -0.05) is 6.07 Å². The lowest BCUT2D eigenvalue weighted by atomic mass is 10.1. The summed E-state index contributed by atoms with van der Waals surface area (Å²) in [6, 6.07) is 5.55. The van der Waals surface area contributed by atoms with Gasteiger partial charge in [-0.2, -0.15) is 4.31 Å². The van der Waals surface area contributed by atoms with Crippen molar-refractivity contribution < 1.29 is 23.4 Å². The molecule has 1 heterocycles. The minimum Gasteiger partial charge on any atom is -0.508 e. The third-order valence-electron chi connectivity index (χ3n) is 3.11. The third kappa shape index (κ3) is 3.12. The standard InChI is InChI=1S/C13H19NO5S/c1-13(2)9-14(7-11(8-15)19-13)20(17,18)12-5-3-4-10(16)6-12/h3-6,11,15-16H,7-9H2,1-2H3. The number of aromatic hydroxyl groups is 1. The van der Waals surface area contributed by atoms with Crippen LogP contribution in [0.2, 0.25) is 0 Å². The van der Waals surface area contributed by atoms with Gasteiger partial charge in [-0.25, -0.2) is 8.42 Å². The Hall–Kier alpha value is -1.15. The van der Waals surface area contributed by atoms with Gasteiger partial charge in [0.05, 0.1) is 23.2 Å². The van der Waals surface area contributed by atoms with E-state index in [9.17, 15) is 18.6 Å². The zero-order valence-corrected chi connectivity index (χ0v) is 12.3. The van der Waals surface area contributed by atoms with E-state index in [0.29, 0.717) is 0 Å². The van der Waals surface area contributed by atoms with Gasteiger partial charge >= 0.3 is 0 Å². The molecular weight excluding hydrogens is 282 g/mol. The Balaban J connectivity index is 2.33. The minimum atomic E-state index is -3.72. The molecule has 7 heteroatoms. The second kappa shape index (κ2) is 5.33. The monoisotopic (exact) mass is 301 g/mol. The highest BCUT2D eigenvalue weighted by Gasteiger charge is 2.39. The summed E-state index contributed by atoms with van der Waals surface area (Å²) in [5, 5.41) is 18.7. The Morgan fingerprint density at radius 1 is 1.45 bits per heavy atom. The van der Waals surface area contributed by atoms with Gasteiger partial charge < -0.3 is 14.9 Å². The first kappa shape index (κ1) is 15.2. The Bertz CT molecular complexity index is 584. The van der Waals surface area contributed by atoms with E-state index in [0.717, 1.165) is 0 Å². The van der Waals surface area contributed by atoms with Gasteiger partial charge in [0.15, 0.2) is 0 Å². The van der Waals surface area contributed by atoms with Gasteiger partial charge in [-0.3, -0.25) is 0 Å². The fourth-order valence-electron chi connectivity index (χ4n) is 2.31. The molecule has 1 aliphatic rings. The van der Waals surface area contributed by atoms with E-state index < -0.39 is 21.7 Å². The number of hydrogen-bond donors (Lipinski definition) is 2. The number of benzene rings is 1. The number of aliphatic hydroxyl groups is 1. The fraction of sp³-hybridized carbons (Fsp3) is 0.538. The fourth-order valence-corrected chi connectivity index (χ4v) is 3.97. The summed E-state index contributed by atoms with van der Waals surface area (Å²) in [6.45, 7) is 3.61. The lowest BCUT2D eigenvalue weighted by molar-refractivity contribution is -0.131. The molecule has 1 aromatic rings. The van der Waals surface area contributed by atoms with E-state index in [2.05, 4.69) is 0 Å². The molecule has 1 saturated heterocycles. The van der Waals surface area contributed by atoms with Crippen LogP contribution in [0.15, 0.2) is 29.2 Å². The molecule has 1 fully saturated rings. The van der Waals surface area contributed by atoms with E-state index in [1.807, 2.05) is 0 Å². The predicted octanol–water partition coefficient (Wildman–Crippen LogP) is 0.553. The molecule has 20 heavy (non-hydrogen) atoms. The van der Waals surface area contributed by atoms with Crippen molar-refractivity contribution in [3.05, 3.63) is 24.3 Å². The van der Waals surface area contributed by atoms with E-state index >= 15 is 0 Å². The molecule has 1 aromatic carbocycles. The van der Waals surface area contributed by atoms with Crippen molar-refractivity contribution in [2.75, 3.05) is 19.7 Å². The van der Waals surface area contributed by atoms with Crippen LogP contribution < -0.4 is 0 Å². The molecule has 0 amide bonds. The summed E-state index contributed by atoms with van der Waals surface area (Å²) in [6.07, 6.45) is -0.550. The van der Waals surface area contributed by atoms with E-state index in [1.165, 1.54) is 28.6 Å². The first-order chi connectivity index (χ1) is 9.24. The van der Waals surface area contributed by atoms with Crippen molar-refractivity contribution in [1.82, 2.24) is 4.31 Å². The average molecular weight is 301 g/mol. The number of aliphatic hydroxyl groups excluding tert-OH is 1. The maximum Gasteiger partial charge on any atom is 0.243 e. The van der Waals surface area contributed by atoms with Crippen molar-refractivity contribution in [2.24, 2.45) is 0 Å². The molecule has 0 aliphatic carbocycles.